The van der Waals surface area contributed by atoms with E-state index < -0.39 is 9.84 Å². The third kappa shape index (κ3) is 2.79. The Labute approximate surface area is 112 Å². The van der Waals surface area contributed by atoms with Crippen LogP contribution in [0.1, 0.15) is 12.5 Å². The largest absolute Gasteiger partial charge is 0.392 e. The van der Waals surface area contributed by atoms with Crippen LogP contribution in [0, 0.1) is 0 Å². The monoisotopic (exact) mass is 289 g/mol. The van der Waals surface area contributed by atoms with Crippen molar-refractivity contribution in [3.63, 3.8) is 0 Å². The van der Waals surface area contributed by atoms with E-state index in [1.54, 1.807) is 12.1 Å². The van der Waals surface area contributed by atoms with Crippen LogP contribution in [-0.2, 0) is 16.4 Å². The summed E-state index contributed by atoms with van der Waals surface area (Å²) in [6.45, 7) is 2.28. The highest BCUT2D eigenvalue weighted by molar-refractivity contribution is 7.91. The Bertz CT molecular complexity index is 544. The van der Waals surface area contributed by atoms with E-state index in [1.165, 1.54) is 0 Å². The van der Waals surface area contributed by atoms with Crippen LogP contribution < -0.4 is 4.90 Å². The quantitative estimate of drug-likeness (QED) is 0.895. The zero-order chi connectivity index (χ0) is 13.3. The van der Waals surface area contributed by atoms with E-state index in [-0.39, 0.29) is 24.2 Å². The minimum Gasteiger partial charge on any atom is -0.392 e. The molecule has 1 N–H and O–H groups in total. The second-order valence-corrected chi connectivity index (χ2v) is 7.23. The number of benzene rings is 1. The van der Waals surface area contributed by atoms with Gasteiger partial charge in [0.05, 0.1) is 18.1 Å². The summed E-state index contributed by atoms with van der Waals surface area (Å²) >= 11 is 6.05. The van der Waals surface area contributed by atoms with E-state index in [0.29, 0.717) is 17.1 Å². The van der Waals surface area contributed by atoms with Crippen LogP contribution in [0.25, 0.3) is 0 Å². The van der Waals surface area contributed by atoms with E-state index >= 15 is 0 Å². The zero-order valence-corrected chi connectivity index (χ0v) is 11.7. The fraction of sp³-hybridized carbons (Fsp3) is 0.500. The first-order chi connectivity index (χ1) is 8.43. The molecule has 0 amide bonds. The summed E-state index contributed by atoms with van der Waals surface area (Å²) in [6.07, 6.45) is 0. The van der Waals surface area contributed by atoms with Gasteiger partial charge in [0.1, 0.15) is 0 Å². The fourth-order valence-corrected chi connectivity index (χ4v) is 4.02. The van der Waals surface area contributed by atoms with Gasteiger partial charge in [-0.1, -0.05) is 17.7 Å². The summed E-state index contributed by atoms with van der Waals surface area (Å²) in [6, 6.07) is 5.36. The Kier molecular flexibility index (Phi) is 3.84. The molecule has 6 heteroatoms. The van der Waals surface area contributed by atoms with Crippen molar-refractivity contribution in [3.8, 4) is 0 Å². The Morgan fingerprint density at radius 2 is 2.22 bits per heavy atom. The van der Waals surface area contributed by atoms with E-state index in [9.17, 15) is 8.42 Å². The van der Waals surface area contributed by atoms with Gasteiger partial charge in [0.2, 0.25) is 0 Å². The topological polar surface area (TPSA) is 57.6 Å². The number of hydrogen-bond acceptors (Lipinski definition) is 4. The van der Waals surface area contributed by atoms with E-state index in [0.717, 1.165) is 5.69 Å². The molecular weight excluding hydrogens is 274 g/mol. The second kappa shape index (κ2) is 5.07. The van der Waals surface area contributed by atoms with Gasteiger partial charge < -0.3 is 10.0 Å². The number of sulfone groups is 1. The SMILES string of the molecule is CC1CS(=O)(=O)CCN1c1ccc(CO)c(Cl)c1. The fourth-order valence-electron chi connectivity index (χ4n) is 2.23. The molecule has 4 nitrogen and oxygen atoms in total. The van der Waals surface area contributed by atoms with Crippen LogP contribution in [0.5, 0.6) is 0 Å². The molecule has 18 heavy (non-hydrogen) atoms. The number of halogens is 1. The van der Waals surface area contributed by atoms with Gasteiger partial charge in [0, 0.05) is 23.3 Å². The van der Waals surface area contributed by atoms with Crippen molar-refractivity contribution in [3.05, 3.63) is 28.8 Å². The number of aliphatic hydroxyl groups excluding tert-OH is 1. The Morgan fingerprint density at radius 1 is 1.50 bits per heavy atom. The van der Waals surface area contributed by atoms with Crippen LogP contribution in [0.3, 0.4) is 0 Å². The first-order valence-corrected chi connectivity index (χ1v) is 7.99. The molecule has 1 aromatic carbocycles. The number of nitrogens with zero attached hydrogens (tertiary/aromatic N) is 1. The van der Waals surface area contributed by atoms with Crippen molar-refractivity contribution in [1.82, 2.24) is 0 Å². The minimum atomic E-state index is -2.91. The summed E-state index contributed by atoms with van der Waals surface area (Å²) in [7, 11) is -2.91. The molecule has 1 aliphatic heterocycles. The van der Waals surface area contributed by atoms with Gasteiger partial charge in [-0.05, 0) is 24.6 Å². The van der Waals surface area contributed by atoms with Gasteiger partial charge >= 0.3 is 0 Å². The molecule has 2 rings (SSSR count). The molecule has 1 fully saturated rings. The van der Waals surface area contributed by atoms with Gasteiger partial charge in [0.25, 0.3) is 0 Å². The van der Waals surface area contributed by atoms with Crippen LogP contribution in [0.2, 0.25) is 5.02 Å². The molecule has 0 aliphatic carbocycles. The molecule has 1 aromatic rings. The average Bonchev–Trinajstić information content (AvgIpc) is 2.27. The predicted octanol–water partition coefficient (Wildman–Crippen LogP) is 1.46. The third-order valence-electron chi connectivity index (χ3n) is 3.21. The second-order valence-electron chi connectivity index (χ2n) is 4.59. The maximum absolute atomic E-state index is 11.5. The molecule has 100 valence electrons. The summed E-state index contributed by atoms with van der Waals surface area (Å²) in [4.78, 5) is 2.04. The first kappa shape index (κ1) is 13.6. The molecule has 0 aromatic heterocycles. The first-order valence-electron chi connectivity index (χ1n) is 5.79. The van der Waals surface area contributed by atoms with Crippen molar-refractivity contribution in [2.24, 2.45) is 0 Å². The minimum absolute atomic E-state index is 0.0557. The molecule has 0 spiro atoms. The Balaban J connectivity index is 2.25. The van der Waals surface area contributed by atoms with Crippen molar-refractivity contribution >= 4 is 27.1 Å². The van der Waals surface area contributed by atoms with Gasteiger partial charge in [-0.3, -0.25) is 0 Å². The lowest BCUT2D eigenvalue weighted by molar-refractivity contribution is 0.282. The molecule has 0 bridgehead atoms. The maximum atomic E-state index is 11.5. The molecule has 1 atom stereocenters. The molecule has 1 unspecified atom stereocenters. The van der Waals surface area contributed by atoms with Crippen molar-refractivity contribution < 1.29 is 13.5 Å². The van der Waals surface area contributed by atoms with Gasteiger partial charge in [0.15, 0.2) is 9.84 Å². The highest BCUT2D eigenvalue weighted by Crippen LogP contribution is 2.27. The van der Waals surface area contributed by atoms with Crippen LogP contribution in [-0.4, -0.2) is 37.6 Å². The van der Waals surface area contributed by atoms with Crippen LogP contribution >= 0.6 is 11.6 Å². The van der Waals surface area contributed by atoms with Crippen LogP contribution in [0.15, 0.2) is 18.2 Å². The molecule has 0 saturated carbocycles. The van der Waals surface area contributed by atoms with Crippen LogP contribution in [0.4, 0.5) is 5.69 Å². The lowest BCUT2D eigenvalue weighted by Gasteiger charge is -2.35. The molecular formula is C12H16ClNO3S. The summed E-state index contributed by atoms with van der Waals surface area (Å²) in [5.74, 6) is 0.350. The van der Waals surface area contributed by atoms with E-state index in [4.69, 9.17) is 16.7 Å². The Morgan fingerprint density at radius 3 is 2.78 bits per heavy atom. The number of aliphatic hydroxyl groups is 1. The third-order valence-corrected chi connectivity index (χ3v) is 5.36. The standard InChI is InChI=1S/C12H16ClNO3S/c1-9-8-18(16,17)5-4-14(9)11-3-2-10(7-15)12(13)6-11/h2-3,6,9,15H,4-5,7-8H2,1H3. The molecule has 1 saturated heterocycles. The van der Waals surface area contributed by atoms with E-state index in [1.807, 2.05) is 17.9 Å². The molecule has 1 aliphatic rings. The van der Waals surface area contributed by atoms with Crippen molar-refractivity contribution in [1.29, 1.82) is 0 Å². The van der Waals surface area contributed by atoms with Gasteiger partial charge in [-0.25, -0.2) is 8.42 Å². The maximum Gasteiger partial charge on any atom is 0.154 e. The summed E-state index contributed by atoms with van der Waals surface area (Å²) in [5.41, 5.74) is 1.58. The highest BCUT2D eigenvalue weighted by Gasteiger charge is 2.28. The summed E-state index contributed by atoms with van der Waals surface area (Å²) < 4.78 is 23.0. The lowest BCUT2D eigenvalue weighted by Crippen LogP contribution is -2.47. The predicted molar refractivity (Wildman–Crippen MR) is 72.8 cm³/mol. The summed E-state index contributed by atoms with van der Waals surface area (Å²) in [5, 5.41) is 9.57. The number of hydrogen-bond donors (Lipinski definition) is 1. The van der Waals surface area contributed by atoms with Gasteiger partial charge in [-0.2, -0.15) is 0 Å². The normalized spacial score (nSPS) is 23.1. The van der Waals surface area contributed by atoms with Gasteiger partial charge in [-0.15, -0.1) is 0 Å². The highest BCUT2D eigenvalue weighted by atomic mass is 35.5. The molecule has 1 heterocycles. The average molecular weight is 290 g/mol. The van der Waals surface area contributed by atoms with Crippen molar-refractivity contribution in [2.45, 2.75) is 19.6 Å². The zero-order valence-electron chi connectivity index (χ0n) is 10.1. The smallest absolute Gasteiger partial charge is 0.154 e. The molecule has 0 radical (unpaired) electrons. The number of anilines is 1. The lowest BCUT2D eigenvalue weighted by atomic mass is 10.1. The number of rotatable bonds is 2. The van der Waals surface area contributed by atoms with Crippen molar-refractivity contribution in [2.75, 3.05) is 23.0 Å². The van der Waals surface area contributed by atoms with E-state index in [2.05, 4.69) is 0 Å². The Hall–Kier alpha value is -0.780.